The maximum absolute atomic E-state index is 11.3. The second kappa shape index (κ2) is 6.34. The van der Waals surface area contributed by atoms with Crippen molar-refractivity contribution in [3.63, 3.8) is 0 Å². The van der Waals surface area contributed by atoms with Gasteiger partial charge < -0.3 is 9.84 Å². The second-order valence-electron chi connectivity index (χ2n) is 4.90. The summed E-state index contributed by atoms with van der Waals surface area (Å²) < 4.78 is 5.34. The van der Waals surface area contributed by atoms with E-state index in [9.17, 15) is 9.90 Å². The Hall–Kier alpha value is -1.14. The number of aryl methyl sites for hydroxylation is 2. The average molecular weight is 284 g/mol. The predicted molar refractivity (Wildman–Crippen MR) is 74.9 cm³/mol. The zero-order chi connectivity index (χ0) is 14.6. The summed E-state index contributed by atoms with van der Waals surface area (Å²) in [7, 11) is 1.67. The molecule has 6 heteroatoms. The van der Waals surface area contributed by atoms with E-state index in [0.29, 0.717) is 16.5 Å². The molecule has 19 heavy (non-hydrogen) atoms. The number of nitrogens with zero attached hydrogens (tertiary/aromatic N) is 2. The summed E-state index contributed by atoms with van der Waals surface area (Å²) in [6, 6.07) is 0. The number of carboxylic acids is 1. The van der Waals surface area contributed by atoms with Crippen molar-refractivity contribution in [3.8, 4) is 0 Å². The van der Waals surface area contributed by atoms with Crippen LogP contribution >= 0.6 is 11.8 Å². The van der Waals surface area contributed by atoms with Crippen LogP contribution < -0.4 is 0 Å². The molecule has 1 N–H and O–H groups in total. The number of rotatable bonds is 6. The van der Waals surface area contributed by atoms with E-state index in [1.54, 1.807) is 21.0 Å². The highest BCUT2D eigenvalue weighted by atomic mass is 32.2. The Morgan fingerprint density at radius 3 is 2.53 bits per heavy atom. The maximum atomic E-state index is 11.3. The molecule has 0 aliphatic rings. The van der Waals surface area contributed by atoms with Crippen molar-refractivity contribution in [1.29, 1.82) is 0 Å². The molecule has 1 aromatic rings. The van der Waals surface area contributed by atoms with Gasteiger partial charge in [-0.3, -0.25) is 0 Å². The number of hydrogen-bond acceptors (Lipinski definition) is 5. The van der Waals surface area contributed by atoms with Gasteiger partial charge in [-0.1, -0.05) is 0 Å². The molecule has 0 aromatic carbocycles. The zero-order valence-corrected chi connectivity index (χ0v) is 12.8. The normalized spacial score (nSPS) is 11.6. The largest absolute Gasteiger partial charge is 0.478 e. The van der Waals surface area contributed by atoms with Crippen LogP contribution in [0.15, 0.2) is 5.03 Å². The van der Waals surface area contributed by atoms with Gasteiger partial charge in [0, 0.05) is 12.9 Å². The molecule has 0 amide bonds. The minimum absolute atomic E-state index is 0.200. The number of carbonyl (C=O) groups is 1. The lowest BCUT2D eigenvalue weighted by Gasteiger charge is -2.22. The molecule has 0 unspecified atom stereocenters. The van der Waals surface area contributed by atoms with Crippen LogP contribution in [0.5, 0.6) is 0 Å². The third kappa shape index (κ3) is 4.47. The lowest BCUT2D eigenvalue weighted by Crippen LogP contribution is -2.23. The van der Waals surface area contributed by atoms with Crippen LogP contribution in [0.3, 0.4) is 0 Å². The highest BCUT2D eigenvalue weighted by molar-refractivity contribution is 7.99. The SMILES string of the molecule is COC(C)(C)CCSc1nc(C)nc(C)c1C(=O)O. The fourth-order valence-corrected chi connectivity index (χ4v) is 2.89. The summed E-state index contributed by atoms with van der Waals surface area (Å²) in [5, 5.41) is 9.76. The Kier molecular flexibility index (Phi) is 5.31. The van der Waals surface area contributed by atoms with Gasteiger partial charge in [0.2, 0.25) is 0 Å². The molecule has 0 atom stereocenters. The molecule has 1 aromatic heterocycles. The summed E-state index contributed by atoms with van der Waals surface area (Å²) in [5.74, 6) is 0.360. The van der Waals surface area contributed by atoms with E-state index in [1.807, 2.05) is 13.8 Å². The fourth-order valence-electron chi connectivity index (χ4n) is 1.53. The molecular formula is C13H20N2O3S. The summed E-state index contributed by atoms with van der Waals surface area (Å²) in [5.41, 5.74) is 0.493. The lowest BCUT2D eigenvalue weighted by atomic mass is 10.1. The average Bonchev–Trinajstić information content (AvgIpc) is 2.27. The highest BCUT2D eigenvalue weighted by Gasteiger charge is 2.20. The number of ether oxygens (including phenoxy) is 1. The molecule has 0 fully saturated rings. The minimum atomic E-state index is -0.981. The van der Waals surface area contributed by atoms with Gasteiger partial charge >= 0.3 is 5.97 Å². The second-order valence-corrected chi connectivity index (χ2v) is 5.99. The van der Waals surface area contributed by atoms with Crippen LogP contribution in [0, 0.1) is 13.8 Å². The zero-order valence-electron chi connectivity index (χ0n) is 12.0. The van der Waals surface area contributed by atoms with E-state index < -0.39 is 5.97 Å². The molecule has 5 nitrogen and oxygen atoms in total. The van der Waals surface area contributed by atoms with Gasteiger partial charge in [0.15, 0.2) is 0 Å². The van der Waals surface area contributed by atoms with E-state index in [-0.39, 0.29) is 11.2 Å². The molecule has 0 aliphatic heterocycles. The summed E-state index contributed by atoms with van der Waals surface area (Å²) in [6.45, 7) is 7.47. The standard InChI is InChI=1S/C13H20N2O3S/c1-8-10(12(16)17)11(15-9(2)14-8)19-7-6-13(3,4)18-5/h6-7H2,1-5H3,(H,16,17). The molecular weight excluding hydrogens is 264 g/mol. The van der Waals surface area contributed by atoms with E-state index in [4.69, 9.17) is 4.74 Å². The minimum Gasteiger partial charge on any atom is -0.478 e. The fraction of sp³-hybridized carbons (Fsp3) is 0.615. The number of hydrogen-bond donors (Lipinski definition) is 1. The highest BCUT2D eigenvalue weighted by Crippen LogP contribution is 2.26. The molecule has 0 radical (unpaired) electrons. The van der Waals surface area contributed by atoms with Crippen LogP contribution in [-0.4, -0.2) is 39.5 Å². The van der Waals surface area contributed by atoms with Crippen molar-refractivity contribution in [2.45, 2.75) is 44.7 Å². The van der Waals surface area contributed by atoms with Crippen molar-refractivity contribution < 1.29 is 14.6 Å². The molecule has 1 heterocycles. The lowest BCUT2D eigenvalue weighted by molar-refractivity contribution is 0.0206. The number of aromatic carboxylic acids is 1. The van der Waals surface area contributed by atoms with E-state index in [2.05, 4.69) is 9.97 Å². The molecule has 0 saturated heterocycles. The summed E-state index contributed by atoms with van der Waals surface area (Å²) in [4.78, 5) is 19.6. The van der Waals surface area contributed by atoms with Crippen molar-refractivity contribution in [2.75, 3.05) is 12.9 Å². The van der Waals surface area contributed by atoms with Crippen molar-refractivity contribution in [2.24, 2.45) is 0 Å². The third-order valence-electron chi connectivity index (χ3n) is 2.88. The Balaban J connectivity index is 2.86. The van der Waals surface area contributed by atoms with Gasteiger partial charge in [0.05, 0.1) is 11.3 Å². The van der Waals surface area contributed by atoms with Crippen LogP contribution in [0.2, 0.25) is 0 Å². The number of aromatic nitrogens is 2. The first-order valence-electron chi connectivity index (χ1n) is 6.03. The van der Waals surface area contributed by atoms with Gasteiger partial charge in [-0.2, -0.15) is 0 Å². The van der Waals surface area contributed by atoms with Gasteiger partial charge in [-0.15, -0.1) is 11.8 Å². The van der Waals surface area contributed by atoms with Gasteiger partial charge in [0.25, 0.3) is 0 Å². The quantitative estimate of drug-likeness (QED) is 0.639. The Bertz CT molecular complexity index is 475. The molecule has 1 rings (SSSR count). The molecule has 0 spiro atoms. The number of thioether (sulfide) groups is 1. The smallest absolute Gasteiger partial charge is 0.340 e. The van der Waals surface area contributed by atoms with E-state index >= 15 is 0 Å². The van der Waals surface area contributed by atoms with Crippen LogP contribution in [0.4, 0.5) is 0 Å². The Morgan fingerprint density at radius 2 is 2.00 bits per heavy atom. The van der Waals surface area contributed by atoms with Gasteiger partial charge in [-0.05, 0) is 34.1 Å². The molecule has 0 aliphatic carbocycles. The molecule has 106 valence electrons. The van der Waals surface area contributed by atoms with Gasteiger partial charge in [0.1, 0.15) is 16.4 Å². The van der Waals surface area contributed by atoms with Crippen molar-refractivity contribution >= 4 is 17.7 Å². The van der Waals surface area contributed by atoms with E-state index in [1.165, 1.54) is 11.8 Å². The van der Waals surface area contributed by atoms with Gasteiger partial charge in [-0.25, -0.2) is 14.8 Å². The predicted octanol–water partition coefficient (Wildman–Crippen LogP) is 2.70. The monoisotopic (exact) mass is 284 g/mol. The topological polar surface area (TPSA) is 72.3 Å². The van der Waals surface area contributed by atoms with Crippen molar-refractivity contribution in [3.05, 3.63) is 17.1 Å². The van der Waals surface area contributed by atoms with Crippen LogP contribution in [-0.2, 0) is 4.74 Å². The first kappa shape index (κ1) is 15.9. The Morgan fingerprint density at radius 1 is 1.37 bits per heavy atom. The van der Waals surface area contributed by atoms with Crippen molar-refractivity contribution in [1.82, 2.24) is 9.97 Å². The Labute approximate surface area is 117 Å². The molecule has 0 bridgehead atoms. The van der Waals surface area contributed by atoms with Crippen LogP contribution in [0.1, 0.15) is 42.1 Å². The molecule has 0 saturated carbocycles. The number of carboxylic acid groups (broad SMARTS) is 1. The van der Waals surface area contributed by atoms with Crippen LogP contribution in [0.25, 0.3) is 0 Å². The first-order chi connectivity index (χ1) is 8.76. The first-order valence-corrected chi connectivity index (χ1v) is 7.02. The summed E-state index contributed by atoms with van der Waals surface area (Å²) >= 11 is 1.43. The van der Waals surface area contributed by atoms with E-state index in [0.717, 1.165) is 12.2 Å². The summed E-state index contributed by atoms with van der Waals surface area (Å²) in [6.07, 6.45) is 0.815. The third-order valence-corrected chi connectivity index (χ3v) is 3.85. The maximum Gasteiger partial charge on any atom is 0.340 e. The number of methoxy groups -OCH3 is 1.